The molecule has 3 atom stereocenters. The van der Waals surface area contributed by atoms with Crippen molar-refractivity contribution in [1.29, 1.82) is 5.26 Å². The standard InChI is InChI=1S/C30H27N9O2/c31-14-21(11-17-4-5-17)30(41)38-15-18-12-22(38)23(13-18)39-28-25(27(32)34-16-35-28)26(37-39)19-6-8-20(9-7-19)29(40)36-24-3-1-2-10-33-24/h1-3,6-11,16-18,22-23H,4-5,12-13,15H2,(H2,32,34,35)(H,33,36,40)/b21-11-/t18-,22-,23?/m1/s1. The zero-order chi connectivity index (χ0) is 28.1. The van der Waals surface area contributed by atoms with E-state index in [1.807, 2.05) is 27.8 Å². The van der Waals surface area contributed by atoms with Crippen LogP contribution in [0.5, 0.6) is 0 Å². The minimum Gasteiger partial charge on any atom is -0.383 e. The van der Waals surface area contributed by atoms with Crippen LogP contribution in [0.2, 0.25) is 0 Å². The Kier molecular flexibility index (Phi) is 5.96. The predicted octanol–water partition coefficient (Wildman–Crippen LogP) is 3.74. The van der Waals surface area contributed by atoms with E-state index in [0.717, 1.165) is 31.2 Å². The lowest BCUT2D eigenvalue weighted by molar-refractivity contribution is -0.129. The molecule has 11 nitrogen and oxygen atoms in total. The molecule has 3 aromatic heterocycles. The molecule has 2 amide bonds. The highest BCUT2D eigenvalue weighted by Gasteiger charge is 2.49. The number of nitrogens with zero attached hydrogens (tertiary/aromatic N) is 7. The Bertz CT molecular complexity index is 1740. The van der Waals surface area contributed by atoms with Crippen LogP contribution in [-0.2, 0) is 4.79 Å². The molecule has 4 aromatic rings. The number of nitriles is 1. The molecular weight excluding hydrogens is 518 g/mol. The topological polar surface area (TPSA) is 156 Å². The van der Waals surface area contributed by atoms with Crippen molar-refractivity contribution in [2.45, 2.75) is 37.8 Å². The summed E-state index contributed by atoms with van der Waals surface area (Å²) in [7, 11) is 0. The first kappa shape index (κ1) is 24.9. The second-order valence-corrected chi connectivity index (χ2v) is 11.0. The molecule has 2 bridgehead atoms. The third-order valence-electron chi connectivity index (χ3n) is 8.24. The Hall–Kier alpha value is -5.11. The quantitative estimate of drug-likeness (QED) is 0.274. The minimum atomic E-state index is -0.271. The number of benzene rings is 1. The van der Waals surface area contributed by atoms with Crippen LogP contribution in [0.25, 0.3) is 22.3 Å². The molecule has 204 valence electrons. The number of carbonyl (C=O) groups excluding carboxylic acids is 2. The lowest BCUT2D eigenvalue weighted by atomic mass is 10.0. The summed E-state index contributed by atoms with van der Waals surface area (Å²) in [5.41, 5.74) is 9.04. The molecular formula is C30H27N9O2. The highest BCUT2D eigenvalue weighted by Crippen LogP contribution is 2.47. The van der Waals surface area contributed by atoms with Gasteiger partial charge < -0.3 is 16.0 Å². The average molecular weight is 546 g/mol. The summed E-state index contributed by atoms with van der Waals surface area (Å²) < 4.78 is 1.88. The lowest BCUT2D eigenvalue weighted by Crippen LogP contribution is -2.43. The van der Waals surface area contributed by atoms with Crippen LogP contribution < -0.4 is 11.1 Å². The second kappa shape index (κ2) is 9.82. The van der Waals surface area contributed by atoms with Crippen LogP contribution in [0.1, 0.15) is 42.1 Å². The van der Waals surface area contributed by atoms with Gasteiger partial charge in [-0.25, -0.2) is 19.6 Å². The molecule has 1 aliphatic heterocycles. The lowest BCUT2D eigenvalue weighted by Gasteiger charge is -2.33. The molecule has 0 spiro atoms. The van der Waals surface area contributed by atoms with E-state index in [9.17, 15) is 14.9 Å². The van der Waals surface area contributed by atoms with Crippen molar-refractivity contribution >= 4 is 34.5 Å². The van der Waals surface area contributed by atoms with E-state index in [0.29, 0.717) is 52.3 Å². The molecule has 1 aromatic carbocycles. The fourth-order valence-electron chi connectivity index (χ4n) is 6.13. The molecule has 2 saturated carbocycles. The summed E-state index contributed by atoms with van der Waals surface area (Å²) in [6.45, 7) is 0.648. The van der Waals surface area contributed by atoms with E-state index >= 15 is 0 Å². The fourth-order valence-corrected chi connectivity index (χ4v) is 6.13. The summed E-state index contributed by atoms with van der Waals surface area (Å²) >= 11 is 0. The number of rotatable bonds is 6. The average Bonchev–Trinajstić information content (AvgIpc) is 3.39. The summed E-state index contributed by atoms with van der Waals surface area (Å²) in [6, 6.07) is 14.4. The summed E-state index contributed by atoms with van der Waals surface area (Å²) in [4.78, 5) is 40.9. The number of nitrogens with one attached hydrogen (secondary N) is 1. The molecule has 11 heteroatoms. The van der Waals surface area contributed by atoms with Gasteiger partial charge in [0, 0.05) is 23.9 Å². The smallest absolute Gasteiger partial charge is 0.264 e. The van der Waals surface area contributed by atoms with E-state index in [-0.39, 0.29) is 29.5 Å². The van der Waals surface area contributed by atoms with Gasteiger partial charge >= 0.3 is 0 Å². The first-order chi connectivity index (χ1) is 20.0. The number of hydrogen-bond acceptors (Lipinski definition) is 8. The highest BCUT2D eigenvalue weighted by atomic mass is 16.2. The van der Waals surface area contributed by atoms with Gasteiger partial charge in [0.1, 0.15) is 35.3 Å². The molecule has 2 aliphatic carbocycles. The van der Waals surface area contributed by atoms with Gasteiger partial charge in [-0.3, -0.25) is 9.59 Å². The zero-order valence-corrected chi connectivity index (χ0v) is 22.1. The normalized spacial score (nSPS) is 21.7. The first-order valence-corrected chi connectivity index (χ1v) is 13.7. The van der Waals surface area contributed by atoms with Gasteiger partial charge in [0.15, 0.2) is 5.65 Å². The number of nitrogens with two attached hydrogens (primary N) is 1. The number of pyridine rings is 1. The molecule has 1 unspecified atom stereocenters. The molecule has 3 N–H and O–H groups in total. The van der Waals surface area contributed by atoms with Crippen molar-refractivity contribution in [3.63, 3.8) is 0 Å². The van der Waals surface area contributed by atoms with E-state index in [2.05, 4.69) is 26.3 Å². The number of likely N-dealkylation sites (tertiary alicyclic amines) is 1. The Morgan fingerprint density at radius 1 is 1.05 bits per heavy atom. The SMILES string of the molecule is N#C/C(=C/C1CC1)C(=O)N1C[C@H]2CC(n3nc(-c4ccc(C(=O)Nc5ccccn5)cc4)c4c(N)ncnc43)[C@H]1C2. The third-order valence-corrected chi connectivity index (χ3v) is 8.24. The second-order valence-electron chi connectivity index (χ2n) is 11.0. The summed E-state index contributed by atoms with van der Waals surface area (Å²) in [5.74, 6) is 0.986. The van der Waals surface area contributed by atoms with E-state index in [1.54, 1.807) is 36.5 Å². The number of carbonyl (C=O) groups is 2. The largest absolute Gasteiger partial charge is 0.383 e. The minimum absolute atomic E-state index is 0.0896. The van der Waals surface area contributed by atoms with Gasteiger partial charge in [-0.1, -0.05) is 24.3 Å². The summed E-state index contributed by atoms with van der Waals surface area (Å²) in [6.07, 6.45) is 8.65. The van der Waals surface area contributed by atoms with Crippen molar-refractivity contribution in [3.05, 3.63) is 72.2 Å². The molecule has 3 aliphatic rings. The maximum absolute atomic E-state index is 13.4. The molecule has 41 heavy (non-hydrogen) atoms. The zero-order valence-electron chi connectivity index (χ0n) is 22.1. The number of fused-ring (bicyclic) bond motifs is 3. The van der Waals surface area contributed by atoms with Crippen molar-refractivity contribution in [3.8, 4) is 17.3 Å². The van der Waals surface area contributed by atoms with Gasteiger partial charge in [0.2, 0.25) is 0 Å². The highest BCUT2D eigenvalue weighted by molar-refractivity contribution is 6.04. The number of allylic oxidation sites excluding steroid dienone is 1. The summed E-state index contributed by atoms with van der Waals surface area (Å²) in [5, 5.41) is 18.1. The first-order valence-electron chi connectivity index (χ1n) is 13.7. The molecule has 0 radical (unpaired) electrons. The van der Waals surface area contributed by atoms with E-state index in [4.69, 9.17) is 10.8 Å². The fraction of sp³-hybridized carbons (Fsp3) is 0.300. The van der Waals surface area contributed by atoms with Crippen LogP contribution in [0, 0.1) is 23.2 Å². The van der Waals surface area contributed by atoms with Crippen molar-refractivity contribution in [1.82, 2.24) is 29.6 Å². The number of anilines is 2. The van der Waals surface area contributed by atoms with Gasteiger partial charge in [-0.15, -0.1) is 0 Å². The van der Waals surface area contributed by atoms with Gasteiger partial charge in [0.25, 0.3) is 11.8 Å². The predicted molar refractivity (Wildman–Crippen MR) is 151 cm³/mol. The van der Waals surface area contributed by atoms with Gasteiger partial charge in [-0.2, -0.15) is 10.4 Å². The number of aromatic nitrogens is 5. The molecule has 7 rings (SSSR count). The van der Waals surface area contributed by atoms with Crippen LogP contribution in [0.15, 0.2) is 66.6 Å². The van der Waals surface area contributed by atoms with Crippen molar-refractivity contribution in [2.75, 3.05) is 17.6 Å². The number of hydrogen-bond donors (Lipinski definition) is 2. The maximum atomic E-state index is 13.4. The van der Waals surface area contributed by atoms with Crippen molar-refractivity contribution in [2.24, 2.45) is 11.8 Å². The third kappa shape index (κ3) is 4.47. The number of amides is 2. The van der Waals surface area contributed by atoms with E-state index in [1.165, 1.54) is 6.33 Å². The molecule has 4 heterocycles. The Balaban J connectivity index is 1.20. The number of piperidine rings is 1. The van der Waals surface area contributed by atoms with Crippen LogP contribution >= 0.6 is 0 Å². The van der Waals surface area contributed by atoms with Gasteiger partial charge in [-0.05, 0) is 61.8 Å². The van der Waals surface area contributed by atoms with Crippen molar-refractivity contribution < 1.29 is 9.59 Å². The maximum Gasteiger partial charge on any atom is 0.264 e. The van der Waals surface area contributed by atoms with Crippen LogP contribution in [-0.4, -0.2) is 54.0 Å². The molecule has 3 fully saturated rings. The van der Waals surface area contributed by atoms with Crippen LogP contribution in [0.3, 0.4) is 0 Å². The van der Waals surface area contributed by atoms with E-state index < -0.39 is 0 Å². The molecule has 1 saturated heterocycles. The Morgan fingerprint density at radius 3 is 2.56 bits per heavy atom. The van der Waals surface area contributed by atoms with Gasteiger partial charge in [0.05, 0.1) is 17.5 Å². The monoisotopic (exact) mass is 545 g/mol. The number of nitrogen functional groups attached to an aromatic ring is 1. The Morgan fingerprint density at radius 2 is 1.85 bits per heavy atom. The Labute approximate surface area is 235 Å². The van der Waals surface area contributed by atoms with Crippen LogP contribution in [0.4, 0.5) is 11.6 Å².